The Morgan fingerprint density at radius 2 is 1.95 bits per heavy atom. The fourth-order valence-electron chi connectivity index (χ4n) is 1.86. The van der Waals surface area contributed by atoms with Gasteiger partial charge in [0.05, 0.1) is 7.11 Å². The number of carbonyl (C=O) groups is 2. The van der Waals surface area contributed by atoms with Crippen LogP contribution in [-0.2, 0) is 4.79 Å². The van der Waals surface area contributed by atoms with E-state index in [1.54, 1.807) is 38.1 Å². The fourth-order valence-corrected chi connectivity index (χ4v) is 1.86. The van der Waals surface area contributed by atoms with Gasteiger partial charge < -0.3 is 20.5 Å². The minimum absolute atomic E-state index is 0.310. The van der Waals surface area contributed by atoms with Gasteiger partial charge in [-0.3, -0.25) is 0 Å². The summed E-state index contributed by atoms with van der Waals surface area (Å²) in [6.07, 6.45) is 0.620. The van der Waals surface area contributed by atoms with E-state index in [0.717, 1.165) is 0 Å². The van der Waals surface area contributed by atoms with Crippen molar-refractivity contribution in [3.63, 3.8) is 0 Å². The molecule has 0 fully saturated rings. The van der Waals surface area contributed by atoms with E-state index in [1.165, 1.54) is 7.11 Å². The van der Waals surface area contributed by atoms with Crippen molar-refractivity contribution < 1.29 is 19.4 Å². The molecule has 0 aliphatic rings. The molecule has 0 radical (unpaired) electrons. The van der Waals surface area contributed by atoms with Gasteiger partial charge in [0.15, 0.2) is 0 Å². The lowest BCUT2D eigenvalue weighted by molar-refractivity contribution is -0.144. The molecule has 0 spiro atoms. The van der Waals surface area contributed by atoms with E-state index in [2.05, 4.69) is 10.6 Å². The van der Waals surface area contributed by atoms with Crippen LogP contribution in [0.25, 0.3) is 0 Å². The predicted octanol–water partition coefficient (Wildman–Crippen LogP) is 2.46. The number of amides is 2. The molecule has 0 bridgehead atoms. The van der Waals surface area contributed by atoms with Crippen LogP contribution in [0.3, 0.4) is 0 Å². The molecule has 2 amide bonds. The Hall–Kier alpha value is -2.24. The van der Waals surface area contributed by atoms with Crippen molar-refractivity contribution in [2.24, 2.45) is 0 Å². The summed E-state index contributed by atoms with van der Waals surface area (Å²) in [5, 5.41) is 14.4. The van der Waals surface area contributed by atoms with Gasteiger partial charge in [0.1, 0.15) is 11.3 Å². The minimum Gasteiger partial charge on any atom is -0.497 e. The second-order valence-corrected chi connectivity index (χ2v) is 4.41. The van der Waals surface area contributed by atoms with Gasteiger partial charge in [-0.1, -0.05) is 19.9 Å². The molecule has 1 rings (SSSR count). The van der Waals surface area contributed by atoms with Crippen LogP contribution in [0.1, 0.15) is 26.7 Å². The predicted molar refractivity (Wildman–Crippen MR) is 76.1 cm³/mol. The Labute approximate surface area is 118 Å². The highest BCUT2D eigenvalue weighted by Gasteiger charge is 2.36. The number of rotatable bonds is 6. The van der Waals surface area contributed by atoms with E-state index in [1.807, 2.05) is 0 Å². The lowest BCUT2D eigenvalue weighted by atomic mass is 9.93. The molecule has 0 atom stereocenters. The van der Waals surface area contributed by atoms with Crippen LogP contribution >= 0.6 is 0 Å². The maximum atomic E-state index is 11.9. The van der Waals surface area contributed by atoms with Crippen molar-refractivity contribution in [3.05, 3.63) is 24.3 Å². The van der Waals surface area contributed by atoms with Crippen LogP contribution in [0.2, 0.25) is 0 Å². The van der Waals surface area contributed by atoms with Crippen molar-refractivity contribution in [2.45, 2.75) is 32.2 Å². The third-order valence-electron chi connectivity index (χ3n) is 3.30. The topological polar surface area (TPSA) is 87.7 Å². The first kappa shape index (κ1) is 15.8. The molecule has 0 heterocycles. The molecule has 20 heavy (non-hydrogen) atoms. The van der Waals surface area contributed by atoms with E-state index in [-0.39, 0.29) is 0 Å². The number of aliphatic carboxylic acids is 1. The smallest absolute Gasteiger partial charge is 0.329 e. The van der Waals surface area contributed by atoms with Crippen molar-refractivity contribution in [1.82, 2.24) is 5.32 Å². The number of nitrogens with one attached hydrogen (secondary N) is 2. The molecule has 0 saturated heterocycles. The van der Waals surface area contributed by atoms with Gasteiger partial charge in [-0.15, -0.1) is 0 Å². The largest absolute Gasteiger partial charge is 0.497 e. The number of carbonyl (C=O) groups excluding carboxylic acids is 1. The maximum Gasteiger partial charge on any atom is 0.329 e. The maximum absolute atomic E-state index is 11.9. The highest BCUT2D eigenvalue weighted by Crippen LogP contribution is 2.18. The number of methoxy groups -OCH3 is 1. The minimum atomic E-state index is -1.25. The van der Waals surface area contributed by atoms with Crippen LogP contribution in [0, 0.1) is 0 Å². The Bertz CT molecular complexity index is 484. The van der Waals surface area contributed by atoms with Crippen molar-refractivity contribution >= 4 is 17.7 Å². The highest BCUT2D eigenvalue weighted by molar-refractivity contribution is 5.94. The summed E-state index contributed by atoms with van der Waals surface area (Å²) in [7, 11) is 1.53. The Morgan fingerprint density at radius 3 is 2.45 bits per heavy atom. The first-order valence-corrected chi connectivity index (χ1v) is 6.44. The van der Waals surface area contributed by atoms with Crippen LogP contribution in [0.4, 0.5) is 10.5 Å². The van der Waals surface area contributed by atoms with E-state index < -0.39 is 17.5 Å². The first-order valence-electron chi connectivity index (χ1n) is 6.44. The number of urea groups is 1. The summed E-state index contributed by atoms with van der Waals surface area (Å²) in [6, 6.07) is 6.29. The summed E-state index contributed by atoms with van der Waals surface area (Å²) in [4.78, 5) is 23.2. The zero-order valence-corrected chi connectivity index (χ0v) is 11.9. The molecular weight excluding hydrogens is 260 g/mol. The number of anilines is 1. The zero-order chi connectivity index (χ0) is 15.2. The molecule has 6 heteroatoms. The Morgan fingerprint density at radius 1 is 1.30 bits per heavy atom. The highest BCUT2D eigenvalue weighted by atomic mass is 16.5. The molecule has 110 valence electrons. The zero-order valence-electron chi connectivity index (χ0n) is 11.9. The fraction of sp³-hybridized carbons (Fsp3) is 0.429. The normalized spacial score (nSPS) is 10.8. The molecule has 0 aliphatic heterocycles. The average molecular weight is 280 g/mol. The van der Waals surface area contributed by atoms with Crippen LogP contribution in [0.15, 0.2) is 24.3 Å². The number of carboxylic acids is 1. The van der Waals surface area contributed by atoms with Gasteiger partial charge >= 0.3 is 12.0 Å². The standard InChI is InChI=1S/C14H20N2O4/c1-4-14(5-2,12(17)18)16-13(19)15-10-7-6-8-11(9-10)20-3/h6-9H,4-5H2,1-3H3,(H,17,18)(H2,15,16,19). The first-order chi connectivity index (χ1) is 9.47. The summed E-state index contributed by atoms with van der Waals surface area (Å²) in [5.74, 6) is -0.429. The molecule has 6 nitrogen and oxygen atoms in total. The lowest BCUT2D eigenvalue weighted by Crippen LogP contribution is -2.54. The van der Waals surface area contributed by atoms with Crippen LogP contribution in [0.5, 0.6) is 5.75 Å². The summed E-state index contributed by atoms with van der Waals surface area (Å²) in [6.45, 7) is 3.45. The summed E-state index contributed by atoms with van der Waals surface area (Å²) < 4.78 is 5.05. The van der Waals surface area contributed by atoms with Gasteiger partial charge in [-0.05, 0) is 25.0 Å². The number of benzene rings is 1. The van der Waals surface area contributed by atoms with Crippen LogP contribution in [-0.4, -0.2) is 29.8 Å². The lowest BCUT2D eigenvalue weighted by Gasteiger charge is -2.28. The van der Waals surface area contributed by atoms with Crippen molar-refractivity contribution in [3.8, 4) is 5.75 Å². The van der Waals surface area contributed by atoms with Gasteiger partial charge in [0, 0.05) is 11.8 Å². The SMILES string of the molecule is CCC(CC)(NC(=O)Nc1cccc(OC)c1)C(=O)O. The van der Waals surface area contributed by atoms with E-state index in [4.69, 9.17) is 4.74 Å². The van der Waals surface area contributed by atoms with Gasteiger partial charge in [0.25, 0.3) is 0 Å². The number of hydrogen-bond donors (Lipinski definition) is 3. The molecule has 1 aromatic rings. The van der Waals surface area contributed by atoms with Gasteiger partial charge in [0.2, 0.25) is 0 Å². The molecular formula is C14H20N2O4. The molecule has 1 aromatic carbocycles. The third kappa shape index (κ3) is 3.63. The van der Waals surface area contributed by atoms with Crippen LogP contribution < -0.4 is 15.4 Å². The third-order valence-corrected chi connectivity index (χ3v) is 3.30. The number of carboxylic acid groups (broad SMARTS) is 1. The average Bonchev–Trinajstić information content (AvgIpc) is 2.44. The molecule has 0 aromatic heterocycles. The molecule has 0 aliphatic carbocycles. The van der Waals surface area contributed by atoms with Gasteiger partial charge in [-0.2, -0.15) is 0 Å². The molecule has 3 N–H and O–H groups in total. The molecule has 0 unspecified atom stereocenters. The van der Waals surface area contributed by atoms with E-state index in [0.29, 0.717) is 24.3 Å². The number of hydrogen-bond acceptors (Lipinski definition) is 3. The van der Waals surface area contributed by atoms with E-state index >= 15 is 0 Å². The quantitative estimate of drug-likeness (QED) is 0.747. The molecule has 0 saturated carbocycles. The van der Waals surface area contributed by atoms with Crippen molar-refractivity contribution in [2.75, 3.05) is 12.4 Å². The second kappa shape index (κ2) is 6.79. The Balaban J connectivity index is 2.78. The summed E-state index contributed by atoms with van der Waals surface area (Å²) >= 11 is 0. The van der Waals surface area contributed by atoms with Gasteiger partial charge in [-0.25, -0.2) is 9.59 Å². The van der Waals surface area contributed by atoms with E-state index in [9.17, 15) is 14.7 Å². The monoisotopic (exact) mass is 280 g/mol. The Kier molecular flexibility index (Phi) is 5.37. The second-order valence-electron chi connectivity index (χ2n) is 4.41. The van der Waals surface area contributed by atoms with Crippen molar-refractivity contribution in [1.29, 1.82) is 0 Å². The summed E-state index contributed by atoms with van der Waals surface area (Å²) in [5.41, 5.74) is -0.712. The number of ether oxygens (including phenoxy) is 1.